The van der Waals surface area contributed by atoms with Gasteiger partial charge in [0, 0.05) is 23.7 Å². The van der Waals surface area contributed by atoms with E-state index in [0.717, 1.165) is 32.1 Å². The molecule has 1 unspecified atom stereocenters. The number of carbonyl (C=O) groups is 4. The maximum atomic E-state index is 14.6. The number of hydrogen-bond donors (Lipinski definition) is 2. The van der Waals surface area contributed by atoms with Crippen LogP contribution in [-0.4, -0.2) is 50.0 Å². The first-order chi connectivity index (χ1) is 20.8. The molecule has 9 nitrogen and oxygen atoms in total. The summed E-state index contributed by atoms with van der Waals surface area (Å²) in [5, 5.41) is 19.7. The SMILES string of the molecule is CC1(C)[C@@H](OC(=O)c2nccnc2C(=O)O)CC[C@]2(C)[C@H]3C(=O)C=C4[C@@H]5C[C@@](C)(C(=O)O)CC[C@]5(C)CCC4(C)[C@]3(C)CC[C@@H]12. The Labute approximate surface area is 265 Å². The van der Waals surface area contributed by atoms with Crippen molar-refractivity contribution in [2.24, 2.45) is 50.2 Å². The van der Waals surface area contributed by atoms with Crippen molar-refractivity contribution >= 4 is 23.7 Å². The Hall–Kier alpha value is -3.10. The van der Waals surface area contributed by atoms with E-state index in [0.29, 0.717) is 25.7 Å². The summed E-state index contributed by atoms with van der Waals surface area (Å²) in [6.45, 7) is 15.4. The van der Waals surface area contributed by atoms with Gasteiger partial charge in [-0.3, -0.25) is 9.59 Å². The summed E-state index contributed by atoms with van der Waals surface area (Å²) in [7, 11) is 0. The van der Waals surface area contributed by atoms with Gasteiger partial charge in [-0.1, -0.05) is 47.1 Å². The van der Waals surface area contributed by atoms with Crippen molar-refractivity contribution in [1.82, 2.24) is 9.97 Å². The fraction of sp³-hybridized carbons (Fsp3) is 0.722. The number of carboxylic acids is 2. The van der Waals surface area contributed by atoms with Crippen LogP contribution in [0.3, 0.4) is 0 Å². The molecule has 2 N–H and O–H groups in total. The summed E-state index contributed by atoms with van der Waals surface area (Å²) < 4.78 is 6.03. The second kappa shape index (κ2) is 9.95. The summed E-state index contributed by atoms with van der Waals surface area (Å²) in [5.74, 6) is -2.74. The number of ether oxygens (including phenoxy) is 1. The number of aliphatic carboxylic acids is 1. The normalized spacial score (nSPS) is 43.4. The van der Waals surface area contributed by atoms with E-state index in [1.165, 1.54) is 18.0 Å². The van der Waals surface area contributed by atoms with Crippen LogP contribution >= 0.6 is 0 Å². The van der Waals surface area contributed by atoms with Gasteiger partial charge in [0.1, 0.15) is 6.10 Å². The van der Waals surface area contributed by atoms with Gasteiger partial charge in [0.05, 0.1) is 5.41 Å². The van der Waals surface area contributed by atoms with Crippen LogP contribution in [0.5, 0.6) is 0 Å². The number of aromatic carboxylic acids is 1. The average molecular weight is 621 g/mol. The number of fused-ring (bicyclic) bond motifs is 7. The molecule has 244 valence electrons. The average Bonchev–Trinajstić information content (AvgIpc) is 2.96. The van der Waals surface area contributed by atoms with Crippen molar-refractivity contribution in [3.63, 3.8) is 0 Å². The zero-order chi connectivity index (χ0) is 33.0. The molecule has 0 amide bonds. The Kier molecular flexibility index (Phi) is 7.04. The van der Waals surface area contributed by atoms with Crippen LogP contribution in [0.4, 0.5) is 0 Å². The van der Waals surface area contributed by atoms with Gasteiger partial charge in [0.25, 0.3) is 0 Å². The van der Waals surface area contributed by atoms with Crippen molar-refractivity contribution in [2.75, 3.05) is 0 Å². The highest BCUT2D eigenvalue weighted by atomic mass is 16.5. The zero-order valence-electron chi connectivity index (χ0n) is 27.7. The molecule has 0 aromatic carbocycles. The number of ketones is 1. The summed E-state index contributed by atoms with van der Waals surface area (Å²) >= 11 is 0. The van der Waals surface area contributed by atoms with Gasteiger partial charge < -0.3 is 14.9 Å². The Morgan fingerprint density at radius 2 is 1.49 bits per heavy atom. The van der Waals surface area contributed by atoms with Crippen molar-refractivity contribution in [3.05, 3.63) is 35.4 Å². The molecule has 45 heavy (non-hydrogen) atoms. The molecule has 1 aromatic rings. The highest BCUT2D eigenvalue weighted by Crippen LogP contribution is 2.75. The van der Waals surface area contributed by atoms with Crippen molar-refractivity contribution in [2.45, 2.75) is 112 Å². The van der Waals surface area contributed by atoms with Crippen molar-refractivity contribution < 1.29 is 34.1 Å². The third kappa shape index (κ3) is 4.31. The Morgan fingerprint density at radius 3 is 2.13 bits per heavy atom. The minimum Gasteiger partial charge on any atom is -0.481 e. The van der Waals surface area contributed by atoms with E-state index >= 15 is 0 Å². The number of nitrogens with zero attached hydrogens (tertiary/aromatic N) is 2. The van der Waals surface area contributed by atoms with Gasteiger partial charge in [0.2, 0.25) is 0 Å². The minimum atomic E-state index is -1.34. The number of esters is 1. The summed E-state index contributed by atoms with van der Waals surface area (Å²) in [4.78, 5) is 59.7. The highest BCUT2D eigenvalue weighted by Gasteiger charge is 2.70. The molecule has 4 saturated carbocycles. The number of hydrogen-bond acceptors (Lipinski definition) is 7. The predicted molar refractivity (Wildman–Crippen MR) is 165 cm³/mol. The van der Waals surface area contributed by atoms with Crippen LogP contribution in [0.2, 0.25) is 0 Å². The Bertz CT molecular complexity index is 1520. The first-order valence-electron chi connectivity index (χ1n) is 16.6. The summed E-state index contributed by atoms with van der Waals surface area (Å²) in [6, 6.07) is 0. The number of allylic oxidation sites excluding steroid dienone is 2. The topological polar surface area (TPSA) is 144 Å². The van der Waals surface area contributed by atoms with Gasteiger partial charge in [0.15, 0.2) is 17.2 Å². The molecule has 0 aliphatic heterocycles. The van der Waals surface area contributed by atoms with E-state index in [1.54, 1.807) is 0 Å². The van der Waals surface area contributed by atoms with Gasteiger partial charge >= 0.3 is 17.9 Å². The predicted octanol–water partition coefficient (Wildman–Crippen LogP) is 6.77. The molecule has 5 aliphatic rings. The highest BCUT2D eigenvalue weighted by molar-refractivity contribution is 5.99. The lowest BCUT2D eigenvalue weighted by molar-refractivity contribution is -0.202. The lowest BCUT2D eigenvalue weighted by Gasteiger charge is -2.70. The summed E-state index contributed by atoms with van der Waals surface area (Å²) in [5.41, 5.74) is -1.63. The minimum absolute atomic E-state index is 0.00154. The van der Waals surface area contributed by atoms with E-state index in [4.69, 9.17) is 4.74 Å². The van der Waals surface area contributed by atoms with Gasteiger partial charge in [-0.15, -0.1) is 0 Å². The Morgan fingerprint density at radius 1 is 0.844 bits per heavy atom. The maximum absolute atomic E-state index is 14.6. The van der Waals surface area contributed by atoms with Crippen LogP contribution in [0.25, 0.3) is 0 Å². The largest absolute Gasteiger partial charge is 0.481 e. The molecule has 6 rings (SSSR count). The van der Waals surface area contributed by atoms with Crippen LogP contribution in [-0.2, 0) is 14.3 Å². The summed E-state index contributed by atoms with van der Waals surface area (Å²) in [6.07, 6.45) is 11.1. The molecule has 0 bridgehead atoms. The van der Waals surface area contributed by atoms with Crippen LogP contribution in [0, 0.1) is 50.2 Å². The molecule has 4 fully saturated rings. The van der Waals surface area contributed by atoms with E-state index < -0.39 is 40.5 Å². The van der Waals surface area contributed by atoms with Crippen molar-refractivity contribution in [3.8, 4) is 0 Å². The molecular formula is C36H48N2O7. The first kappa shape index (κ1) is 31.9. The smallest absolute Gasteiger partial charge is 0.359 e. The number of rotatable bonds is 4. The standard InChI is InChI=1S/C36H48N2O7/c1-31(2)23-8-11-36(7)27(34(23,5)10-9-24(31)45-29(42)26-25(28(40)41)37-16-17-38-26)22(39)18-20-21-19-33(4,30(43)44)13-12-32(21,3)14-15-35(20,36)6/h16-18,21,23-24,27H,8-15,19H2,1-7H3,(H,40,41)(H,43,44)/t21-,23-,24-,27+,32+,33-,34-,35?,36+/m0/s1. The molecule has 5 aliphatic carbocycles. The molecule has 9 heteroatoms. The molecular weight excluding hydrogens is 572 g/mol. The lowest BCUT2D eigenvalue weighted by Crippen LogP contribution is -2.66. The van der Waals surface area contributed by atoms with Crippen LogP contribution in [0.1, 0.15) is 127 Å². The molecule has 1 heterocycles. The molecule has 0 radical (unpaired) electrons. The van der Waals surface area contributed by atoms with E-state index in [1.807, 2.05) is 13.0 Å². The number of aromatic nitrogens is 2. The van der Waals surface area contributed by atoms with Crippen LogP contribution in [0.15, 0.2) is 24.0 Å². The lowest BCUT2D eigenvalue weighted by atomic mass is 9.33. The van der Waals surface area contributed by atoms with Gasteiger partial charge in [-0.2, -0.15) is 0 Å². The quantitative estimate of drug-likeness (QED) is 0.349. The second-order valence-corrected chi connectivity index (χ2v) is 16.9. The van der Waals surface area contributed by atoms with E-state index in [-0.39, 0.29) is 50.9 Å². The first-order valence-corrected chi connectivity index (χ1v) is 16.6. The maximum Gasteiger partial charge on any atom is 0.359 e. The van der Waals surface area contributed by atoms with Gasteiger partial charge in [-0.25, -0.2) is 19.6 Å². The Balaban J connectivity index is 1.33. The molecule has 0 spiro atoms. The van der Waals surface area contributed by atoms with Crippen LogP contribution < -0.4 is 0 Å². The van der Waals surface area contributed by atoms with E-state index in [2.05, 4.69) is 51.5 Å². The zero-order valence-corrected chi connectivity index (χ0v) is 27.7. The third-order valence-electron chi connectivity index (χ3n) is 14.4. The van der Waals surface area contributed by atoms with Gasteiger partial charge in [-0.05, 0) is 104 Å². The molecule has 1 aromatic heterocycles. The fourth-order valence-electron chi connectivity index (χ4n) is 11.4. The fourth-order valence-corrected chi connectivity index (χ4v) is 11.4. The molecule has 0 saturated heterocycles. The number of carboxylic acid groups (broad SMARTS) is 2. The second-order valence-electron chi connectivity index (χ2n) is 16.9. The molecule has 9 atom stereocenters. The van der Waals surface area contributed by atoms with E-state index in [9.17, 15) is 29.4 Å². The third-order valence-corrected chi connectivity index (χ3v) is 14.4. The number of carbonyl (C=O) groups excluding carboxylic acids is 2. The van der Waals surface area contributed by atoms with Crippen molar-refractivity contribution in [1.29, 1.82) is 0 Å². The monoisotopic (exact) mass is 620 g/mol.